The molecule has 146 valence electrons. The summed E-state index contributed by atoms with van der Waals surface area (Å²) < 4.78 is 14.5. The fourth-order valence-electron chi connectivity index (χ4n) is 3.19. The van der Waals surface area contributed by atoms with Gasteiger partial charge in [0.2, 0.25) is 0 Å². The molecule has 4 nitrogen and oxygen atoms in total. The van der Waals surface area contributed by atoms with Crippen LogP contribution in [0.5, 0.6) is 0 Å². The smallest absolute Gasteiger partial charge is 0.266 e. The molecule has 1 amide bonds. The van der Waals surface area contributed by atoms with Crippen LogP contribution in [-0.2, 0) is 4.79 Å². The predicted octanol–water partition coefficient (Wildman–Crippen LogP) is 5.92. The van der Waals surface area contributed by atoms with Gasteiger partial charge in [-0.05, 0) is 23.8 Å². The van der Waals surface area contributed by atoms with Crippen molar-refractivity contribution in [2.75, 3.05) is 4.90 Å². The number of rotatable bonds is 3. The molecule has 3 aromatic carbocycles. The van der Waals surface area contributed by atoms with Crippen LogP contribution in [0.25, 0.3) is 16.3 Å². The average Bonchev–Trinajstić information content (AvgIpc) is 3.30. The van der Waals surface area contributed by atoms with Gasteiger partial charge in [-0.2, -0.15) is 0 Å². The van der Waals surface area contributed by atoms with E-state index in [0.717, 1.165) is 11.1 Å². The Morgan fingerprint density at radius 1 is 1.00 bits per heavy atom. The topological polar surface area (TPSA) is 45.6 Å². The van der Waals surface area contributed by atoms with Gasteiger partial charge in [0.25, 0.3) is 5.91 Å². The fraction of sp³-hybridized carbons (Fsp3) is 0. The van der Waals surface area contributed by atoms with Crippen LogP contribution >= 0.6 is 22.9 Å². The summed E-state index contributed by atoms with van der Waals surface area (Å²) >= 11 is 7.11. The van der Waals surface area contributed by atoms with Gasteiger partial charge in [-0.15, -0.1) is 0 Å². The zero-order valence-electron chi connectivity index (χ0n) is 15.4. The maximum absolute atomic E-state index is 13.9. The lowest BCUT2D eigenvalue weighted by atomic mass is 10.2. The van der Waals surface area contributed by atoms with Crippen molar-refractivity contribution in [3.05, 3.63) is 100 Å². The van der Waals surface area contributed by atoms with Crippen LogP contribution in [0.4, 0.5) is 9.52 Å². The Morgan fingerprint density at radius 2 is 1.70 bits per heavy atom. The first-order valence-corrected chi connectivity index (χ1v) is 10.3. The van der Waals surface area contributed by atoms with E-state index < -0.39 is 5.82 Å². The molecule has 2 heterocycles. The van der Waals surface area contributed by atoms with Crippen LogP contribution in [0, 0.1) is 5.82 Å². The van der Waals surface area contributed by atoms with Crippen LogP contribution in [-0.4, -0.2) is 16.7 Å². The van der Waals surface area contributed by atoms with Gasteiger partial charge in [0, 0.05) is 5.56 Å². The molecular formula is C23H13ClFN3OS. The summed E-state index contributed by atoms with van der Waals surface area (Å²) in [7, 11) is 0. The molecule has 5 rings (SSSR count). The molecule has 4 aromatic rings. The van der Waals surface area contributed by atoms with Crippen molar-refractivity contribution < 1.29 is 9.18 Å². The molecule has 0 saturated carbocycles. The number of aliphatic imine (C=N–C) groups is 1. The standard InChI is InChI=1S/C23H13ClFN3OS/c24-16-12-18-20(13-17(16)25)30-23(27-18)28-21(15-9-5-2-6-10-15)26-19(22(28)29)11-14-7-3-1-4-8-14/h1-13H/b19-11-. The highest BCUT2D eigenvalue weighted by atomic mass is 35.5. The zero-order chi connectivity index (χ0) is 20.7. The van der Waals surface area contributed by atoms with Crippen LogP contribution in [0.15, 0.2) is 83.5 Å². The van der Waals surface area contributed by atoms with Crippen LogP contribution in [0.1, 0.15) is 11.1 Å². The summed E-state index contributed by atoms with van der Waals surface area (Å²) in [5.41, 5.74) is 2.49. The number of thiazole rings is 1. The van der Waals surface area contributed by atoms with Crippen molar-refractivity contribution in [1.82, 2.24) is 4.98 Å². The van der Waals surface area contributed by atoms with Gasteiger partial charge in [-0.25, -0.2) is 19.3 Å². The number of nitrogens with zero attached hydrogens (tertiary/aromatic N) is 3. The van der Waals surface area contributed by atoms with E-state index in [2.05, 4.69) is 9.98 Å². The number of hydrogen-bond donors (Lipinski definition) is 0. The fourth-order valence-corrected chi connectivity index (χ4v) is 4.32. The third-order valence-corrected chi connectivity index (χ3v) is 5.90. The van der Waals surface area contributed by atoms with E-state index in [1.807, 2.05) is 60.7 Å². The lowest BCUT2D eigenvalue weighted by Crippen LogP contribution is -2.32. The highest BCUT2D eigenvalue weighted by Gasteiger charge is 2.34. The third kappa shape index (κ3) is 3.30. The lowest BCUT2D eigenvalue weighted by molar-refractivity contribution is -0.113. The summed E-state index contributed by atoms with van der Waals surface area (Å²) in [5, 5.41) is 0.407. The highest BCUT2D eigenvalue weighted by molar-refractivity contribution is 7.22. The highest BCUT2D eigenvalue weighted by Crippen LogP contribution is 2.35. The largest absolute Gasteiger partial charge is 0.284 e. The van der Waals surface area contributed by atoms with Crippen molar-refractivity contribution in [2.24, 2.45) is 4.99 Å². The van der Waals surface area contributed by atoms with Gasteiger partial charge in [0.1, 0.15) is 17.3 Å². The number of anilines is 1. The van der Waals surface area contributed by atoms with E-state index >= 15 is 0 Å². The zero-order valence-corrected chi connectivity index (χ0v) is 17.0. The molecule has 0 aliphatic carbocycles. The van der Waals surface area contributed by atoms with Crippen molar-refractivity contribution >= 4 is 56.1 Å². The Hall–Kier alpha value is -3.35. The summed E-state index contributed by atoms with van der Waals surface area (Å²) in [4.78, 5) is 23.9. The molecule has 0 N–H and O–H groups in total. The van der Waals surface area contributed by atoms with Gasteiger partial charge in [-0.3, -0.25) is 4.79 Å². The summed E-state index contributed by atoms with van der Waals surface area (Å²) in [5.74, 6) is -0.328. The normalized spacial score (nSPS) is 15.3. The van der Waals surface area contributed by atoms with Gasteiger partial charge in [-0.1, -0.05) is 83.6 Å². The minimum atomic E-state index is -0.520. The summed E-state index contributed by atoms with van der Waals surface area (Å²) in [6, 6.07) is 21.7. The van der Waals surface area contributed by atoms with E-state index in [9.17, 15) is 9.18 Å². The van der Waals surface area contributed by atoms with Crippen molar-refractivity contribution in [1.29, 1.82) is 0 Å². The molecular weight excluding hydrogens is 421 g/mol. The first-order chi connectivity index (χ1) is 14.6. The van der Waals surface area contributed by atoms with Crippen molar-refractivity contribution in [2.45, 2.75) is 0 Å². The molecule has 1 aromatic heterocycles. The Balaban J connectivity index is 1.65. The molecule has 0 spiro atoms. The molecule has 30 heavy (non-hydrogen) atoms. The monoisotopic (exact) mass is 433 g/mol. The van der Waals surface area contributed by atoms with Gasteiger partial charge >= 0.3 is 0 Å². The molecule has 1 aliphatic rings. The van der Waals surface area contributed by atoms with E-state index in [1.165, 1.54) is 28.4 Å². The summed E-state index contributed by atoms with van der Waals surface area (Å²) in [6.45, 7) is 0. The maximum atomic E-state index is 13.9. The second-order valence-corrected chi connectivity index (χ2v) is 8.03. The number of amidine groups is 1. The second kappa shape index (κ2) is 7.48. The minimum Gasteiger partial charge on any atom is -0.266 e. The molecule has 0 bridgehead atoms. The van der Waals surface area contributed by atoms with Crippen LogP contribution < -0.4 is 4.90 Å². The number of hydrogen-bond acceptors (Lipinski definition) is 4. The van der Waals surface area contributed by atoms with Crippen LogP contribution in [0.3, 0.4) is 0 Å². The molecule has 7 heteroatoms. The van der Waals surface area contributed by atoms with Gasteiger partial charge in [0.15, 0.2) is 5.13 Å². The van der Waals surface area contributed by atoms with Crippen molar-refractivity contribution in [3.63, 3.8) is 0 Å². The molecule has 0 unspecified atom stereocenters. The minimum absolute atomic E-state index is 0.00582. The Labute approximate surface area is 180 Å². The number of aromatic nitrogens is 1. The number of carbonyl (C=O) groups excluding carboxylic acids is 1. The third-order valence-electron chi connectivity index (χ3n) is 4.61. The van der Waals surface area contributed by atoms with Crippen molar-refractivity contribution in [3.8, 4) is 0 Å². The predicted molar refractivity (Wildman–Crippen MR) is 119 cm³/mol. The number of amides is 1. The summed E-state index contributed by atoms with van der Waals surface area (Å²) in [6.07, 6.45) is 1.75. The average molecular weight is 434 g/mol. The molecule has 0 saturated heterocycles. The van der Waals surface area contributed by atoms with E-state index in [0.29, 0.717) is 26.9 Å². The first kappa shape index (κ1) is 18.7. The lowest BCUT2D eigenvalue weighted by Gasteiger charge is -2.14. The SMILES string of the molecule is O=C1/C(=C/c2ccccc2)N=C(c2ccccc2)N1c1nc2cc(Cl)c(F)cc2s1. The van der Waals surface area contributed by atoms with E-state index in [1.54, 1.807) is 6.08 Å². The number of halogens is 2. The van der Waals surface area contributed by atoms with Gasteiger partial charge < -0.3 is 0 Å². The second-order valence-electron chi connectivity index (χ2n) is 6.61. The molecule has 0 radical (unpaired) electrons. The molecule has 1 aliphatic heterocycles. The Morgan fingerprint density at radius 3 is 2.43 bits per heavy atom. The molecule has 0 atom stereocenters. The Kier molecular flexibility index (Phi) is 4.65. The first-order valence-electron chi connectivity index (χ1n) is 9.11. The Bertz CT molecular complexity index is 1290. The number of carbonyl (C=O) groups is 1. The number of benzene rings is 3. The molecule has 0 fully saturated rings. The quantitative estimate of drug-likeness (QED) is 0.376. The van der Waals surface area contributed by atoms with E-state index in [-0.39, 0.29) is 10.9 Å². The van der Waals surface area contributed by atoms with E-state index in [4.69, 9.17) is 11.6 Å². The number of fused-ring (bicyclic) bond motifs is 1. The van der Waals surface area contributed by atoms with Crippen LogP contribution in [0.2, 0.25) is 5.02 Å². The maximum Gasteiger partial charge on any atom is 0.284 e. The van der Waals surface area contributed by atoms with Gasteiger partial charge in [0.05, 0.1) is 15.2 Å².